The molecule has 0 heterocycles. The van der Waals surface area contributed by atoms with E-state index in [4.69, 9.17) is 15.2 Å². The van der Waals surface area contributed by atoms with Crippen LogP contribution in [0.15, 0.2) is 18.2 Å². The second kappa shape index (κ2) is 9.82. The van der Waals surface area contributed by atoms with Gasteiger partial charge < -0.3 is 20.5 Å². The third-order valence-corrected chi connectivity index (χ3v) is 3.75. The highest BCUT2D eigenvalue weighted by Gasteiger charge is 2.27. The number of carbonyl (C=O) groups is 1. The minimum Gasteiger partial charge on any atom is -0.493 e. The Morgan fingerprint density at radius 2 is 1.89 bits per heavy atom. The molecule has 8 heteroatoms. The van der Waals surface area contributed by atoms with Crippen LogP contribution in [0.1, 0.15) is 39.2 Å². The second-order valence-corrected chi connectivity index (χ2v) is 7.61. The molecule has 1 aromatic rings. The average Bonchev–Trinajstić information content (AvgIpc) is 2.52. The van der Waals surface area contributed by atoms with E-state index in [9.17, 15) is 18.0 Å². The topological polar surface area (TPSA) is 73.6 Å². The van der Waals surface area contributed by atoms with E-state index in [0.717, 1.165) is 5.56 Å². The highest BCUT2D eigenvalue weighted by atomic mass is 19.4. The Morgan fingerprint density at radius 1 is 1.22 bits per heavy atom. The van der Waals surface area contributed by atoms with Crippen LogP contribution in [-0.4, -0.2) is 38.4 Å². The summed E-state index contributed by atoms with van der Waals surface area (Å²) in [5.74, 6) is 0.382. The molecule has 0 spiro atoms. The van der Waals surface area contributed by atoms with Crippen molar-refractivity contribution in [2.75, 3.05) is 20.3 Å². The highest BCUT2D eigenvalue weighted by molar-refractivity contribution is 5.81. The monoisotopic (exact) mass is 390 g/mol. The van der Waals surface area contributed by atoms with Crippen LogP contribution >= 0.6 is 0 Å². The summed E-state index contributed by atoms with van der Waals surface area (Å²) in [7, 11) is 1.42. The van der Waals surface area contributed by atoms with E-state index >= 15 is 0 Å². The number of alkyl halides is 3. The molecule has 0 fully saturated rings. The lowest BCUT2D eigenvalue weighted by Gasteiger charge is -2.22. The molecular weight excluding hydrogens is 361 g/mol. The Morgan fingerprint density at radius 3 is 2.44 bits per heavy atom. The molecule has 154 valence electrons. The Kier molecular flexibility index (Phi) is 8.40. The molecule has 0 bridgehead atoms. The van der Waals surface area contributed by atoms with Crippen LogP contribution in [-0.2, 0) is 11.2 Å². The Hall–Kier alpha value is -1.96. The van der Waals surface area contributed by atoms with Crippen molar-refractivity contribution >= 4 is 5.91 Å². The van der Waals surface area contributed by atoms with E-state index in [1.165, 1.54) is 7.11 Å². The number of carbonyl (C=O) groups excluding carboxylic acids is 1. The lowest BCUT2D eigenvalue weighted by molar-refractivity contribution is -0.139. The molecule has 1 rings (SSSR count). The zero-order valence-corrected chi connectivity index (χ0v) is 16.3. The van der Waals surface area contributed by atoms with Gasteiger partial charge in [-0.3, -0.25) is 4.79 Å². The molecule has 0 saturated carbocycles. The molecule has 1 aromatic carbocycles. The van der Waals surface area contributed by atoms with Crippen LogP contribution in [0.4, 0.5) is 13.2 Å². The van der Waals surface area contributed by atoms with Crippen LogP contribution in [0.25, 0.3) is 0 Å². The first-order valence-corrected chi connectivity index (χ1v) is 8.81. The molecule has 0 saturated heterocycles. The maximum Gasteiger partial charge on any atom is 0.392 e. The molecule has 1 amide bonds. The second-order valence-electron chi connectivity index (χ2n) is 7.61. The third kappa shape index (κ3) is 9.51. The normalized spacial score (nSPS) is 13.2. The van der Waals surface area contributed by atoms with Gasteiger partial charge in [-0.05, 0) is 36.0 Å². The van der Waals surface area contributed by atoms with Gasteiger partial charge in [0.2, 0.25) is 5.91 Å². The first-order chi connectivity index (χ1) is 12.4. The van der Waals surface area contributed by atoms with Crippen LogP contribution in [0, 0.1) is 5.41 Å². The van der Waals surface area contributed by atoms with Gasteiger partial charge in [0.1, 0.15) is 0 Å². The van der Waals surface area contributed by atoms with Crippen molar-refractivity contribution < 1.29 is 27.4 Å². The maximum atomic E-state index is 12.3. The number of rotatable bonds is 9. The summed E-state index contributed by atoms with van der Waals surface area (Å²) in [5, 5.41) is 2.78. The molecule has 3 N–H and O–H groups in total. The van der Waals surface area contributed by atoms with Crippen molar-refractivity contribution in [1.82, 2.24) is 5.32 Å². The zero-order chi connectivity index (χ0) is 20.7. The number of benzene rings is 1. The Bertz CT molecular complexity index is 613. The SMILES string of the molecule is COc1ccc(CCNC(=O)C(N)CC(C)(C)C)cc1OCCC(F)(F)F. The molecule has 0 aliphatic heterocycles. The standard InChI is InChI=1S/C19H29F3N2O3/c1-18(2,3)12-14(23)17(25)24-9-7-13-5-6-15(26-4)16(11-13)27-10-8-19(20,21)22/h5-6,11,14H,7-10,12,23H2,1-4H3,(H,24,25). The van der Waals surface area contributed by atoms with Gasteiger partial charge in [-0.1, -0.05) is 26.8 Å². The molecule has 0 aliphatic carbocycles. The summed E-state index contributed by atoms with van der Waals surface area (Å²) >= 11 is 0. The highest BCUT2D eigenvalue weighted by Crippen LogP contribution is 2.29. The van der Waals surface area contributed by atoms with Crippen molar-refractivity contribution in [2.24, 2.45) is 11.1 Å². The van der Waals surface area contributed by atoms with Gasteiger partial charge in [-0.15, -0.1) is 0 Å². The third-order valence-electron chi connectivity index (χ3n) is 3.75. The number of halogens is 3. The summed E-state index contributed by atoms with van der Waals surface area (Å²) < 4.78 is 47.1. The number of amides is 1. The van der Waals surface area contributed by atoms with Gasteiger partial charge in [0.25, 0.3) is 0 Å². The van der Waals surface area contributed by atoms with Gasteiger partial charge in [0.15, 0.2) is 11.5 Å². The fourth-order valence-electron chi connectivity index (χ4n) is 2.48. The fourth-order valence-corrected chi connectivity index (χ4v) is 2.48. The summed E-state index contributed by atoms with van der Waals surface area (Å²) in [6.45, 7) is 5.92. The Labute approximate surface area is 158 Å². The summed E-state index contributed by atoms with van der Waals surface area (Å²) in [5.41, 5.74) is 6.66. The first-order valence-electron chi connectivity index (χ1n) is 8.81. The first kappa shape index (κ1) is 23.1. The van der Waals surface area contributed by atoms with Gasteiger partial charge >= 0.3 is 6.18 Å². The van der Waals surface area contributed by atoms with E-state index in [1.807, 2.05) is 20.8 Å². The van der Waals surface area contributed by atoms with Crippen LogP contribution in [0.3, 0.4) is 0 Å². The van der Waals surface area contributed by atoms with Crippen molar-refractivity contribution in [3.8, 4) is 11.5 Å². The minimum atomic E-state index is -4.28. The molecule has 0 aromatic heterocycles. The van der Waals surface area contributed by atoms with Crippen LogP contribution < -0.4 is 20.5 Å². The molecule has 5 nitrogen and oxygen atoms in total. The molecule has 1 atom stereocenters. The average molecular weight is 390 g/mol. The summed E-state index contributed by atoms with van der Waals surface area (Å²) in [6, 6.07) is 4.44. The lowest BCUT2D eigenvalue weighted by Crippen LogP contribution is -2.43. The largest absolute Gasteiger partial charge is 0.493 e. The van der Waals surface area contributed by atoms with Crippen LogP contribution in [0.5, 0.6) is 11.5 Å². The van der Waals surface area contributed by atoms with E-state index in [-0.39, 0.29) is 17.1 Å². The van der Waals surface area contributed by atoms with E-state index in [1.54, 1.807) is 18.2 Å². The zero-order valence-electron chi connectivity index (χ0n) is 16.3. The van der Waals surface area contributed by atoms with Gasteiger partial charge in [0.05, 0.1) is 26.2 Å². The summed E-state index contributed by atoms with van der Waals surface area (Å²) in [6.07, 6.45) is -4.25. The minimum absolute atomic E-state index is 0.0462. The van der Waals surface area contributed by atoms with E-state index < -0.39 is 25.2 Å². The molecular formula is C19H29F3N2O3. The lowest BCUT2D eigenvalue weighted by atomic mass is 9.88. The number of hydrogen-bond donors (Lipinski definition) is 2. The number of nitrogens with one attached hydrogen (secondary N) is 1. The smallest absolute Gasteiger partial charge is 0.392 e. The van der Waals surface area contributed by atoms with Crippen LogP contribution in [0.2, 0.25) is 0 Å². The van der Waals surface area contributed by atoms with E-state index in [2.05, 4.69) is 5.32 Å². The molecule has 0 radical (unpaired) electrons. The van der Waals surface area contributed by atoms with Crippen molar-refractivity contribution in [2.45, 2.75) is 52.3 Å². The van der Waals surface area contributed by atoms with Crippen molar-refractivity contribution in [1.29, 1.82) is 0 Å². The Balaban J connectivity index is 2.58. The van der Waals surface area contributed by atoms with Crippen molar-refractivity contribution in [3.05, 3.63) is 23.8 Å². The van der Waals surface area contributed by atoms with Gasteiger partial charge in [-0.2, -0.15) is 13.2 Å². The number of hydrogen-bond acceptors (Lipinski definition) is 4. The summed E-state index contributed by atoms with van der Waals surface area (Å²) in [4.78, 5) is 12.0. The predicted octanol–water partition coefficient (Wildman–Crippen LogP) is 3.45. The maximum absolute atomic E-state index is 12.3. The molecule has 27 heavy (non-hydrogen) atoms. The van der Waals surface area contributed by atoms with E-state index in [0.29, 0.717) is 25.1 Å². The van der Waals surface area contributed by atoms with Crippen molar-refractivity contribution in [3.63, 3.8) is 0 Å². The van der Waals surface area contributed by atoms with Gasteiger partial charge in [-0.25, -0.2) is 0 Å². The number of ether oxygens (including phenoxy) is 2. The fraction of sp³-hybridized carbons (Fsp3) is 0.632. The predicted molar refractivity (Wildman–Crippen MR) is 97.9 cm³/mol. The molecule has 1 unspecified atom stereocenters. The number of methoxy groups -OCH3 is 1. The van der Waals surface area contributed by atoms with Gasteiger partial charge in [0, 0.05) is 6.54 Å². The number of nitrogens with two attached hydrogens (primary N) is 1. The quantitative estimate of drug-likeness (QED) is 0.677. The molecule has 0 aliphatic rings.